The number of rotatable bonds is 10. The third-order valence-corrected chi connectivity index (χ3v) is 4.87. The fourth-order valence-corrected chi connectivity index (χ4v) is 3.33. The van der Waals surface area contributed by atoms with Crippen LogP contribution in [0.2, 0.25) is 0 Å². The molecule has 1 fully saturated rings. The van der Waals surface area contributed by atoms with Gasteiger partial charge in [-0.05, 0) is 44.2 Å². The molecule has 2 aromatic carbocycles. The quantitative estimate of drug-likeness (QED) is 0.292. The molecule has 0 aromatic heterocycles. The van der Waals surface area contributed by atoms with Crippen LogP contribution in [0.3, 0.4) is 0 Å². The number of hydrogen-bond acceptors (Lipinski definition) is 7. The maximum absolute atomic E-state index is 15.6. The van der Waals surface area contributed by atoms with Gasteiger partial charge in [-0.25, -0.2) is 9.18 Å². The van der Waals surface area contributed by atoms with Crippen LogP contribution in [-0.2, 0) is 14.3 Å². The first-order valence-electron chi connectivity index (χ1n) is 10.5. The maximum atomic E-state index is 15.6. The Morgan fingerprint density at radius 1 is 1.28 bits per heavy atom. The summed E-state index contributed by atoms with van der Waals surface area (Å²) in [6, 6.07) is 8.37. The minimum Gasteiger partial charge on any atom is -0.494 e. The Morgan fingerprint density at radius 3 is 2.62 bits per heavy atom. The predicted molar refractivity (Wildman–Crippen MR) is 118 cm³/mol. The second-order valence-corrected chi connectivity index (χ2v) is 7.18. The van der Waals surface area contributed by atoms with Gasteiger partial charge < -0.3 is 30.0 Å². The Balaban J connectivity index is 1.98. The van der Waals surface area contributed by atoms with Gasteiger partial charge in [0.1, 0.15) is 17.7 Å². The van der Waals surface area contributed by atoms with Gasteiger partial charge in [0, 0.05) is 29.3 Å². The standard InChI is InChI=1S/C23H28FN3O5/c1-3-30-17-11-18(20(24)19(12-17)32-16-9-10-29-13-16)21(23(28)31-4-2)27-15-7-5-14(6-8-15)22(25)26/h5-8,11-12,16,21,27H,3-4,9-10,13H2,1-2H3,(H3,25,26)/t16-,21?/m0/s1. The molecule has 32 heavy (non-hydrogen) atoms. The molecule has 8 nitrogen and oxygen atoms in total. The summed E-state index contributed by atoms with van der Waals surface area (Å²) in [5, 5.41) is 10.5. The van der Waals surface area contributed by atoms with E-state index in [2.05, 4.69) is 5.32 Å². The Kier molecular flexibility index (Phi) is 7.88. The summed E-state index contributed by atoms with van der Waals surface area (Å²) < 4.78 is 37.5. The lowest BCUT2D eigenvalue weighted by Crippen LogP contribution is -2.25. The second kappa shape index (κ2) is 10.8. The van der Waals surface area contributed by atoms with E-state index in [1.54, 1.807) is 31.2 Å². The van der Waals surface area contributed by atoms with Gasteiger partial charge in [-0.2, -0.15) is 0 Å². The number of hydrogen-bond donors (Lipinski definition) is 3. The first-order chi connectivity index (χ1) is 15.4. The van der Waals surface area contributed by atoms with Crippen LogP contribution in [0.4, 0.5) is 10.1 Å². The van der Waals surface area contributed by atoms with Gasteiger partial charge in [-0.1, -0.05) is 0 Å². The van der Waals surface area contributed by atoms with Crippen molar-refractivity contribution in [1.29, 1.82) is 5.41 Å². The highest BCUT2D eigenvalue weighted by molar-refractivity contribution is 5.95. The third-order valence-electron chi connectivity index (χ3n) is 4.87. The molecule has 1 aliphatic rings. The molecular formula is C23H28FN3O5. The first kappa shape index (κ1) is 23.3. The molecule has 172 valence electrons. The average molecular weight is 445 g/mol. The van der Waals surface area contributed by atoms with E-state index in [1.165, 1.54) is 12.1 Å². The van der Waals surface area contributed by atoms with E-state index in [4.69, 9.17) is 30.1 Å². The lowest BCUT2D eigenvalue weighted by molar-refractivity contribution is -0.144. The van der Waals surface area contributed by atoms with E-state index >= 15 is 4.39 Å². The Labute approximate surface area is 186 Å². The summed E-state index contributed by atoms with van der Waals surface area (Å²) in [6.45, 7) is 4.91. The Bertz CT molecular complexity index is 945. The van der Waals surface area contributed by atoms with Gasteiger partial charge in [0.05, 0.1) is 26.4 Å². The van der Waals surface area contributed by atoms with E-state index in [-0.39, 0.29) is 29.9 Å². The maximum Gasteiger partial charge on any atom is 0.333 e. The van der Waals surface area contributed by atoms with Crippen LogP contribution in [0.5, 0.6) is 11.5 Å². The number of esters is 1. The monoisotopic (exact) mass is 445 g/mol. The molecule has 2 atom stereocenters. The largest absolute Gasteiger partial charge is 0.494 e. The van der Waals surface area contributed by atoms with Crippen molar-refractivity contribution in [3.8, 4) is 11.5 Å². The lowest BCUT2D eigenvalue weighted by Gasteiger charge is -2.22. The first-order valence-corrected chi connectivity index (χ1v) is 10.5. The SMILES string of the molecule is CCOC(=O)C(Nc1ccc(C(=N)N)cc1)c1cc(OCC)cc(O[C@H]2CCOC2)c1F. The molecular weight excluding hydrogens is 417 g/mol. The molecule has 0 bridgehead atoms. The zero-order valence-corrected chi connectivity index (χ0v) is 18.2. The molecule has 0 radical (unpaired) electrons. The van der Waals surface area contributed by atoms with Gasteiger partial charge in [-0.15, -0.1) is 0 Å². The summed E-state index contributed by atoms with van der Waals surface area (Å²) in [5.74, 6) is -1.03. The van der Waals surface area contributed by atoms with Crippen LogP contribution in [-0.4, -0.2) is 44.3 Å². The van der Waals surface area contributed by atoms with Crippen LogP contribution in [0, 0.1) is 11.2 Å². The number of nitrogen functional groups attached to an aromatic ring is 1. The summed E-state index contributed by atoms with van der Waals surface area (Å²) in [7, 11) is 0. The van der Waals surface area contributed by atoms with Crippen LogP contribution in [0.25, 0.3) is 0 Å². The summed E-state index contributed by atoms with van der Waals surface area (Å²) in [6.07, 6.45) is 0.373. The van der Waals surface area contributed by atoms with Crippen molar-refractivity contribution in [2.45, 2.75) is 32.4 Å². The predicted octanol–water partition coefficient (Wildman–Crippen LogP) is 3.39. The number of carbonyl (C=O) groups excluding carboxylic acids is 1. The molecule has 0 amide bonds. The highest BCUT2D eigenvalue weighted by Gasteiger charge is 2.29. The van der Waals surface area contributed by atoms with E-state index in [0.717, 1.165) is 0 Å². The molecule has 1 unspecified atom stereocenters. The van der Waals surface area contributed by atoms with Gasteiger partial charge in [-0.3, -0.25) is 5.41 Å². The molecule has 1 saturated heterocycles. The van der Waals surface area contributed by atoms with Crippen molar-refractivity contribution in [2.75, 3.05) is 31.7 Å². The zero-order chi connectivity index (χ0) is 23.1. The van der Waals surface area contributed by atoms with Crippen molar-refractivity contribution in [2.24, 2.45) is 5.73 Å². The smallest absolute Gasteiger partial charge is 0.333 e. The number of anilines is 1. The Hall–Kier alpha value is -3.33. The zero-order valence-electron chi connectivity index (χ0n) is 18.2. The minimum absolute atomic E-state index is 0.00974. The van der Waals surface area contributed by atoms with E-state index in [0.29, 0.717) is 43.2 Å². The van der Waals surface area contributed by atoms with Crippen LogP contribution < -0.4 is 20.5 Å². The van der Waals surface area contributed by atoms with Crippen molar-refractivity contribution in [3.05, 3.63) is 53.3 Å². The molecule has 4 N–H and O–H groups in total. The molecule has 0 spiro atoms. The van der Waals surface area contributed by atoms with Crippen LogP contribution >= 0.6 is 0 Å². The molecule has 0 aliphatic carbocycles. The van der Waals surface area contributed by atoms with Gasteiger partial charge in [0.2, 0.25) is 0 Å². The number of amidine groups is 1. The highest BCUT2D eigenvalue weighted by Crippen LogP contribution is 2.34. The number of benzene rings is 2. The highest BCUT2D eigenvalue weighted by atomic mass is 19.1. The second-order valence-electron chi connectivity index (χ2n) is 7.18. The summed E-state index contributed by atoms with van der Waals surface area (Å²) >= 11 is 0. The normalized spacial score (nSPS) is 16.3. The van der Waals surface area contributed by atoms with Crippen molar-refractivity contribution >= 4 is 17.5 Å². The van der Waals surface area contributed by atoms with E-state index in [9.17, 15) is 4.79 Å². The molecule has 3 rings (SSSR count). The number of nitrogens with one attached hydrogen (secondary N) is 2. The van der Waals surface area contributed by atoms with Gasteiger partial charge in [0.25, 0.3) is 0 Å². The van der Waals surface area contributed by atoms with Gasteiger partial charge in [0.15, 0.2) is 17.6 Å². The van der Waals surface area contributed by atoms with E-state index in [1.807, 2.05) is 6.92 Å². The number of halogens is 1. The number of carbonyl (C=O) groups is 1. The summed E-state index contributed by atoms with van der Waals surface area (Å²) in [4.78, 5) is 12.8. The van der Waals surface area contributed by atoms with Gasteiger partial charge >= 0.3 is 5.97 Å². The molecule has 9 heteroatoms. The van der Waals surface area contributed by atoms with Crippen molar-refractivity contribution in [3.63, 3.8) is 0 Å². The van der Waals surface area contributed by atoms with Crippen LogP contribution in [0.15, 0.2) is 36.4 Å². The molecule has 2 aromatic rings. The number of nitrogens with two attached hydrogens (primary N) is 1. The number of ether oxygens (including phenoxy) is 4. The van der Waals surface area contributed by atoms with E-state index < -0.39 is 17.8 Å². The minimum atomic E-state index is -1.15. The fourth-order valence-electron chi connectivity index (χ4n) is 3.33. The lowest BCUT2D eigenvalue weighted by atomic mass is 10.0. The topological polar surface area (TPSA) is 116 Å². The summed E-state index contributed by atoms with van der Waals surface area (Å²) in [5.41, 5.74) is 6.59. The fraction of sp³-hybridized carbons (Fsp3) is 0.391. The van der Waals surface area contributed by atoms with Crippen molar-refractivity contribution in [1.82, 2.24) is 0 Å². The molecule has 0 saturated carbocycles. The van der Waals surface area contributed by atoms with Crippen LogP contribution in [0.1, 0.15) is 37.4 Å². The third kappa shape index (κ3) is 5.67. The Morgan fingerprint density at radius 2 is 2.03 bits per heavy atom. The molecule has 1 aliphatic heterocycles. The average Bonchev–Trinajstić information content (AvgIpc) is 3.28. The van der Waals surface area contributed by atoms with Crippen molar-refractivity contribution < 1.29 is 28.1 Å². The molecule has 1 heterocycles.